The first kappa shape index (κ1) is 18.0. The summed E-state index contributed by atoms with van der Waals surface area (Å²) < 4.78 is 6.38. The molecule has 0 aliphatic heterocycles. The minimum Gasteiger partial charge on any atom is -0.497 e. The van der Waals surface area contributed by atoms with Crippen LogP contribution in [0.15, 0.2) is 54.7 Å². The average Bonchev–Trinajstić information content (AvgIpc) is 3.05. The second kappa shape index (κ2) is 9.07. The molecule has 25 heavy (non-hydrogen) atoms. The summed E-state index contributed by atoms with van der Waals surface area (Å²) in [5.41, 5.74) is 3.90. The third-order valence-electron chi connectivity index (χ3n) is 4.29. The fourth-order valence-electron chi connectivity index (χ4n) is 2.94. The van der Waals surface area contributed by atoms with E-state index in [0.717, 1.165) is 41.4 Å². The van der Waals surface area contributed by atoms with E-state index < -0.39 is 0 Å². The van der Waals surface area contributed by atoms with Crippen molar-refractivity contribution in [3.05, 3.63) is 65.9 Å². The van der Waals surface area contributed by atoms with E-state index in [0.29, 0.717) is 0 Å². The summed E-state index contributed by atoms with van der Waals surface area (Å²) in [7, 11) is 1.71. The van der Waals surface area contributed by atoms with Crippen LogP contribution in [-0.2, 0) is 12.8 Å². The van der Waals surface area contributed by atoms with Crippen molar-refractivity contribution in [3.63, 3.8) is 0 Å². The Morgan fingerprint density at radius 3 is 2.88 bits per heavy atom. The molecule has 3 rings (SSSR count). The summed E-state index contributed by atoms with van der Waals surface area (Å²) in [5, 5.41) is 1.33. The number of rotatable bonds is 8. The number of nitrogens with one attached hydrogen (secondary N) is 1. The van der Waals surface area contributed by atoms with Gasteiger partial charge in [-0.1, -0.05) is 42.5 Å². The summed E-state index contributed by atoms with van der Waals surface area (Å²) in [6.07, 6.45) is 6.32. The largest absolute Gasteiger partial charge is 0.497 e. The van der Waals surface area contributed by atoms with Crippen molar-refractivity contribution in [3.8, 4) is 5.75 Å². The molecule has 0 fully saturated rings. The molecule has 4 heteroatoms. The zero-order valence-electron chi connectivity index (χ0n) is 14.5. The molecule has 0 aliphatic rings. The lowest BCUT2D eigenvalue weighted by atomic mass is 10.1. The van der Waals surface area contributed by atoms with Crippen LogP contribution in [-0.4, -0.2) is 22.0 Å². The van der Waals surface area contributed by atoms with E-state index in [-0.39, 0.29) is 0 Å². The summed E-state index contributed by atoms with van der Waals surface area (Å²) in [5.74, 6) is 1.95. The van der Waals surface area contributed by atoms with Crippen molar-refractivity contribution in [2.24, 2.45) is 0 Å². The normalized spacial score (nSPS) is 10.9. The van der Waals surface area contributed by atoms with Gasteiger partial charge in [-0.05, 0) is 55.0 Å². The molecule has 0 saturated carbocycles. The number of benzene rings is 2. The van der Waals surface area contributed by atoms with Crippen molar-refractivity contribution in [2.75, 3.05) is 12.9 Å². The number of hydrogen-bond donors (Lipinski definition) is 1. The van der Waals surface area contributed by atoms with E-state index in [1.54, 1.807) is 7.11 Å². The van der Waals surface area contributed by atoms with E-state index in [1.807, 2.05) is 23.9 Å². The first-order chi connectivity index (χ1) is 12.3. The van der Waals surface area contributed by atoms with Gasteiger partial charge >= 0.3 is 0 Å². The lowest BCUT2D eigenvalue weighted by molar-refractivity contribution is 0.414. The van der Waals surface area contributed by atoms with Gasteiger partial charge in [0.05, 0.1) is 7.11 Å². The van der Waals surface area contributed by atoms with E-state index >= 15 is 0 Å². The zero-order valence-corrected chi connectivity index (χ0v) is 16.1. The maximum Gasteiger partial charge on any atom is 0.119 e. The fourth-order valence-corrected chi connectivity index (χ4v) is 4.19. The van der Waals surface area contributed by atoms with E-state index in [4.69, 9.17) is 17.0 Å². The number of para-hydroxylation sites is 1. The molecule has 0 bridgehead atoms. The second-order valence-electron chi connectivity index (χ2n) is 6.04. The minimum absolute atomic E-state index is 0.920. The van der Waals surface area contributed by atoms with Gasteiger partial charge in [-0.15, -0.1) is 11.8 Å². The number of fused-ring (bicyclic) bond motifs is 1. The molecule has 0 radical (unpaired) electrons. The van der Waals surface area contributed by atoms with Gasteiger partial charge in [-0.3, -0.25) is 0 Å². The molecule has 130 valence electrons. The first-order valence-corrected chi connectivity index (χ1v) is 9.99. The first-order valence-electron chi connectivity index (χ1n) is 8.60. The van der Waals surface area contributed by atoms with Crippen LogP contribution >= 0.6 is 24.0 Å². The third-order valence-corrected chi connectivity index (χ3v) is 5.78. The highest BCUT2D eigenvalue weighted by molar-refractivity contribution is 8.23. The van der Waals surface area contributed by atoms with Gasteiger partial charge in [0, 0.05) is 27.0 Å². The molecule has 0 amide bonds. The Morgan fingerprint density at radius 1 is 1.12 bits per heavy atom. The smallest absolute Gasteiger partial charge is 0.119 e. The molecule has 1 aromatic heterocycles. The Balaban J connectivity index is 1.39. The topological polar surface area (TPSA) is 25.0 Å². The van der Waals surface area contributed by atoms with Crippen molar-refractivity contribution in [2.45, 2.75) is 25.7 Å². The molecule has 1 heterocycles. The Morgan fingerprint density at radius 2 is 2.00 bits per heavy atom. The number of aromatic amines is 1. The maximum atomic E-state index is 5.54. The predicted molar refractivity (Wildman–Crippen MR) is 113 cm³/mol. The van der Waals surface area contributed by atoms with Gasteiger partial charge in [-0.2, -0.15) is 0 Å². The molecule has 0 unspecified atom stereocenters. The Kier molecular flexibility index (Phi) is 6.54. The molecule has 0 atom stereocenters. The number of aryl methyl sites for hydroxylation is 2. The van der Waals surface area contributed by atoms with Crippen LogP contribution in [0.5, 0.6) is 5.75 Å². The SMILES string of the molecule is COc1cccc(CCSC(=S)CCCc2c[nH]c3ccccc23)c1. The van der Waals surface area contributed by atoms with Crippen LogP contribution in [0.2, 0.25) is 0 Å². The van der Waals surface area contributed by atoms with Crippen LogP contribution in [0.3, 0.4) is 0 Å². The Hall–Kier alpha value is -1.78. The average molecular weight is 370 g/mol. The van der Waals surface area contributed by atoms with Crippen LogP contribution in [0, 0.1) is 0 Å². The number of thiocarbonyl (C=S) groups is 1. The van der Waals surface area contributed by atoms with E-state index in [2.05, 4.69) is 47.6 Å². The molecular formula is C21H23NOS2. The van der Waals surface area contributed by atoms with Gasteiger partial charge in [0.1, 0.15) is 5.75 Å². The number of thioether (sulfide) groups is 1. The third kappa shape index (κ3) is 5.10. The zero-order chi connectivity index (χ0) is 17.5. The van der Waals surface area contributed by atoms with Gasteiger partial charge < -0.3 is 9.72 Å². The van der Waals surface area contributed by atoms with Crippen molar-refractivity contribution in [1.29, 1.82) is 0 Å². The lowest BCUT2D eigenvalue weighted by Crippen LogP contribution is -1.96. The summed E-state index contributed by atoms with van der Waals surface area (Å²) in [6, 6.07) is 16.7. The van der Waals surface area contributed by atoms with E-state index in [1.165, 1.54) is 22.0 Å². The molecule has 2 aromatic carbocycles. The summed E-state index contributed by atoms with van der Waals surface area (Å²) in [6.45, 7) is 0. The molecular weight excluding hydrogens is 346 g/mol. The number of H-pyrrole nitrogens is 1. The van der Waals surface area contributed by atoms with Crippen LogP contribution in [0.25, 0.3) is 10.9 Å². The van der Waals surface area contributed by atoms with Crippen LogP contribution in [0.1, 0.15) is 24.0 Å². The summed E-state index contributed by atoms with van der Waals surface area (Å²) >= 11 is 7.35. The maximum absolute atomic E-state index is 5.54. The lowest BCUT2D eigenvalue weighted by Gasteiger charge is -2.06. The van der Waals surface area contributed by atoms with Gasteiger partial charge in [0.2, 0.25) is 0 Å². The molecule has 0 saturated heterocycles. The highest BCUT2D eigenvalue weighted by Gasteiger charge is 2.05. The van der Waals surface area contributed by atoms with Gasteiger partial charge in [0.15, 0.2) is 0 Å². The van der Waals surface area contributed by atoms with Gasteiger partial charge in [-0.25, -0.2) is 0 Å². The van der Waals surface area contributed by atoms with E-state index in [9.17, 15) is 0 Å². The highest BCUT2D eigenvalue weighted by atomic mass is 32.2. The molecule has 1 N–H and O–H groups in total. The Bertz CT molecular complexity index is 841. The number of aromatic nitrogens is 1. The van der Waals surface area contributed by atoms with Crippen molar-refractivity contribution < 1.29 is 4.74 Å². The number of ether oxygens (including phenoxy) is 1. The molecule has 0 spiro atoms. The second-order valence-corrected chi connectivity index (χ2v) is 7.98. The minimum atomic E-state index is 0.920. The standard InChI is InChI=1S/C21H23NOS2/c1-23-18-8-4-6-16(14-18)12-13-25-21(24)11-5-7-17-15-22-20-10-3-2-9-19(17)20/h2-4,6,8-10,14-15,22H,5,7,11-13H2,1H3. The summed E-state index contributed by atoms with van der Waals surface area (Å²) in [4.78, 5) is 3.34. The number of hydrogen-bond acceptors (Lipinski definition) is 3. The van der Waals surface area contributed by atoms with Gasteiger partial charge in [0.25, 0.3) is 0 Å². The molecule has 3 aromatic rings. The quantitative estimate of drug-likeness (QED) is 0.508. The molecule has 2 nitrogen and oxygen atoms in total. The molecule has 0 aliphatic carbocycles. The number of methoxy groups -OCH3 is 1. The predicted octanol–water partition coefficient (Wildman–Crippen LogP) is 5.80. The monoisotopic (exact) mass is 369 g/mol. The Labute approximate surface area is 159 Å². The van der Waals surface area contributed by atoms with Crippen molar-refractivity contribution in [1.82, 2.24) is 4.98 Å². The fraction of sp³-hybridized carbons (Fsp3) is 0.286. The highest BCUT2D eigenvalue weighted by Crippen LogP contribution is 2.21. The van der Waals surface area contributed by atoms with Crippen LogP contribution < -0.4 is 4.74 Å². The van der Waals surface area contributed by atoms with Crippen LogP contribution in [0.4, 0.5) is 0 Å². The van der Waals surface area contributed by atoms with Crippen molar-refractivity contribution >= 4 is 39.1 Å².